The second-order valence-corrected chi connectivity index (χ2v) is 8.32. The van der Waals surface area contributed by atoms with Gasteiger partial charge < -0.3 is 9.31 Å². The average molecular weight is 430 g/mol. The fraction of sp³-hybridized carbons (Fsp3) is 0.429. The normalized spacial score (nSPS) is 19.2. The van der Waals surface area contributed by atoms with E-state index < -0.39 is 47.2 Å². The molecule has 0 amide bonds. The van der Waals surface area contributed by atoms with Crippen molar-refractivity contribution in [1.82, 2.24) is 0 Å². The van der Waals surface area contributed by atoms with E-state index >= 15 is 0 Å². The van der Waals surface area contributed by atoms with Gasteiger partial charge in [-0.15, -0.1) is 0 Å². The number of benzene rings is 2. The third kappa shape index (κ3) is 3.41. The van der Waals surface area contributed by atoms with Gasteiger partial charge in [0.25, 0.3) is 0 Å². The van der Waals surface area contributed by atoms with E-state index in [9.17, 15) is 26.3 Å². The largest absolute Gasteiger partial charge is 0.494 e. The molecule has 0 bridgehead atoms. The van der Waals surface area contributed by atoms with Crippen LogP contribution in [-0.2, 0) is 14.7 Å². The molecule has 2 nitrogen and oxygen atoms in total. The van der Waals surface area contributed by atoms with Gasteiger partial charge in [0.2, 0.25) is 5.41 Å². The fourth-order valence-electron chi connectivity index (χ4n) is 3.54. The van der Waals surface area contributed by atoms with E-state index in [1.165, 1.54) is 18.2 Å². The van der Waals surface area contributed by atoms with Crippen molar-refractivity contribution in [3.05, 3.63) is 65.7 Å². The molecule has 162 valence electrons. The highest BCUT2D eigenvalue weighted by Gasteiger charge is 2.72. The number of alkyl halides is 6. The summed E-state index contributed by atoms with van der Waals surface area (Å²) in [5.41, 5.74) is -7.02. The zero-order valence-corrected chi connectivity index (χ0v) is 16.9. The Bertz CT molecular complexity index is 858. The monoisotopic (exact) mass is 430 g/mol. The maximum Gasteiger partial charge on any atom is 0.494 e. The first kappa shape index (κ1) is 22.7. The quantitative estimate of drug-likeness (QED) is 0.480. The molecular weight excluding hydrogens is 409 g/mol. The van der Waals surface area contributed by atoms with Crippen molar-refractivity contribution in [3.63, 3.8) is 0 Å². The van der Waals surface area contributed by atoms with Crippen LogP contribution in [-0.4, -0.2) is 30.7 Å². The molecule has 2 aromatic rings. The lowest BCUT2D eigenvalue weighted by atomic mass is 9.71. The van der Waals surface area contributed by atoms with Gasteiger partial charge in [-0.05, 0) is 44.3 Å². The van der Waals surface area contributed by atoms with E-state index in [0.29, 0.717) is 5.46 Å². The predicted molar refractivity (Wildman–Crippen MR) is 101 cm³/mol. The van der Waals surface area contributed by atoms with Crippen LogP contribution < -0.4 is 5.46 Å². The Balaban J connectivity index is 2.11. The second-order valence-electron chi connectivity index (χ2n) is 8.32. The molecule has 0 unspecified atom stereocenters. The fourth-order valence-corrected chi connectivity index (χ4v) is 3.54. The van der Waals surface area contributed by atoms with Crippen molar-refractivity contribution in [1.29, 1.82) is 0 Å². The van der Waals surface area contributed by atoms with Crippen LogP contribution in [0.4, 0.5) is 26.3 Å². The zero-order valence-electron chi connectivity index (χ0n) is 16.9. The number of rotatable bonds is 3. The molecule has 0 atom stereocenters. The van der Waals surface area contributed by atoms with Crippen LogP contribution in [0.5, 0.6) is 0 Å². The van der Waals surface area contributed by atoms with Crippen molar-refractivity contribution in [2.24, 2.45) is 0 Å². The third-order valence-corrected chi connectivity index (χ3v) is 5.93. The van der Waals surface area contributed by atoms with E-state index in [4.69, 9.17) is 9.31 Å². The van der Waals surface area contributed by atoms with Crippen molar-refractivity contribution >= 4 is 12.6 Å². The van der Waals surface area contributed by atoms with E-state index in [0.717, 1.165) is 36.4 Å². The molecule has 1 heterocycles. The SMILES string of the molecule is CC1(C)OB(c2ccc(C(c3ccccc3)(C(F)(F)F)C(F)(F)F)cc2)OC1(C)C. The lowest BCUT2D eigenvalue weighted by Crippen LogP contribution is -2.54. The molecule has 30 heavy (non-hydrogen) atoms. The van der Waals surface area contributed by atoms with Crippen molar-refractivity contribution in [3.8, 4) is 0 Å². The Hall–Kier alpha value is -2.00. The molecular formula is C21H21BF6O2. The minimum absolute atomic E-state index is 0.337. The van der Waals surface area contributed by atoms with Crippen LogP contribution in [0.2, 0.25) is 0 Å². The lowest BCUT2D eigenvalue weighted by molar-refractivity contribution is -0.288. The zero-order chi connectivity index (χ0) is 22.6. The Morgan fingerprint density at radius 3 is 1.43 bits per heavy atom. The summed E-state index contributed by atoms with van der Waals surface area (Å²) >= 11 is 0. The molecule has 1 fully saturated rings. The summed E-state index contributed by atoms with van der Waals surface area (Å²) < 4.78 is 96.1. The molecule has 0 aromatic heterocycles. The Morgan fingerprint density at radius 1 is 0.633 bits per heavy atom. The first-order chi connectivity index (χ1) is 13.6. The van der Waals surface area contributed by atoms with E-state index in [-0.39, 0.29) is 0 Å². The molecule has 0 saturated carbocycles. The molecule has 0 spiro atoms. The summed E-state index contributed by atoms with van der Waals surface area (Å²) in [5, 5.41) is 0. The van der Waals surface area contributed by atoms with Gasteiger partial charge in [-0.25, -0.2) is 0 Å². The van der Waals surface area contributed by atoms with Crippen molar-refractivity contribution < 1.29 is 35.7 Å². The highest BCUT2D eigenvalue weighted by molar-refractivity contribution is 6.62. The number of hydrogen-bond acceptors (Lipinski definition) is 2. The van der Waals surface area contributed by atoms with Crippen molar-refractivity contribution in [2.75, 3.05) is 0 Å². The van der Waals surface area contributed by atoms with Gasteiger partial charge in [0.1, 0.15) is 0 Å². The Labute approximate surface area is 171 Å². The summed E-state index contributed by atoms with van der Waals surface area (Å²) in [4.78, 5) is 0. The summed E-state index contributed by atoms with van der Waals surface area (Å²) in [6.07, 6.45) is -11.2. The van der Waals surface area contributed by atoms with Crippen LogP contribution in [0.1, 0.15) is 38.8 Å². The minimum Gasteiger partial charge on any atom is -0.399 e. The highest BCUT2D eigenvalue weighted by atomic mass is 19.4. The maximum absolute atomic E-state index is 14.1. The summed E-state index contributed by atoms with van der Waals surface area (Å²) in [7, 11) is -0.896. The molecule has 0 radical (unpaired) electrons. The Kier molecular flexibility index (Phi) is 5.31. The lowest BCUT2D eigenvalue weighted by Gasteiger charge is -2.38. The molecule has 1 saturated heterocycles. The summed E-state index contributed by atoms with van der Waals surface area (Å²) in [5.74, 6) is 0. The van der Waals surface area contributed by atoms with Gasteiger partial charge >= 0.3 is 19.5 Å². The highest BCUT2D eigenvalue weighted by Crippen LogP contribution is 2.56. The number of halogens is 6. The van der Waals surface area contributed by atoms with Gasteiger partial charge in [-0.2, -0.15) is 26.3 Å². The standard InChI is InChI=1S/C21H21BF6O2/c1-17(2)18(3,4)30-22(29-17)16-12-10-15(11-13-16)19(20(23,24)25,21(26,27)28)14-8-6-5-7-9-14/h5-13H,1-4H3. The maximum atomic E-state index is 14.1. The van der Waals surface area contributed by atoms with Crippen LogP contribution in [0.3, 0.4) is 0 Å². The van der Waals surface area contributed by atoms with E-state index in [1.807, 2.05) is 0 Å². The van der Waals surface area contributed by atoms with Crippen LogP contribution in [0, 0.1) is 0 Å². The molecule has 9 heteroatoms. The van der Waals surface area contributed by atoms with Gasteiger partial charge in [0.05, 0.1) is 11.2 Å². The smallest absolute Gasteiger partial charge is 0.399 e. The topological polar surface area (TPSA) is 18.5 Å². The second kappa shape index (κ2) is 7.02. The third-order valence-electron chi connectivity index (χ3n) is 5.93. The Morgan fingerprint density at radius 2 is 1.03 bits per heavy atom. The summed E-state index contributed by atoms with van der Waals surface area (Å²) in [6, 6.07) is 9.40. The first-order valence-corrected chi connectivity index (χ1v) is 9.28. The molecule has 0 N–H and O–H groups in total. The summed E-state index contributed by atoms with van der Waals surface area (Å²) in [6.45, 7) is 7.20. The van der Waals surface area contributed by atoms with Gasteiger partial charge in [-0.3, -0.25) is 0 Å². The van der Waals surface area contributed by atoms with Crippen LogP contribution >= 0.6 is 0 Å². The average Bonchev–Trinajstić information content (AvgIpc) is 2.82. The molecule has 2 aromatic carbocycles. The molecule has 0 aliphatic carbocycles. The van der Waals surface area contributed by atoms with E-state index in [2.05, 4.69) is 0 Å². The predicted octanol–water partition coefficient (Wildman–Crippen LogP) is 5.40. The molecule has 1 aliphatic heterocycles. The van der Waals surface area contributed by atoms with Gasteiger partial charge in [-0.1, -0.05) is 54.6 Å². The first-order valence-electron chi connectivity index (χ1n) is 9.28. The van der Waals surface area contributed by atoms with Crippen molar-refractivity contribution in [2.45, 2.75) is 56.7 Å². The molecule has 3 rings (SSSR count). The van der Waals surface area contributed by atoms with Gasteiger partial charge in [0, 0.05) is 0 Å². The van der Waals surface area contributed by atoms with Gasteiger partial charge in [0.15, 0.2) is 0 Å². The number of hydrogen-bond donors (Lipinski definition) is 0. The van der Waals surface area contributed by atoms with E-state index in [1.54, 1.807) is 27.7 Å². The van der Waals surface area contributed by atoms with Crippen LogP contribution in [0.25, 0.3) is 0 Å². The van der Waals surface area contributed by atoms with Crippen LogP contribution in [0.15, 0.2) is 54.6 Å². The molecule has 1 aliphatic rings. The minimum atomic E-state index is -5.61.